The number of fused-ring (bicyclic) bond motifs is 1. The molecule has 3 fully saturated rings. The molecule has 3 heterocycles. The third-order valence-corrected chi connectivity index (χ3v) is 8.74. The van der Waals surface area contributed by atoms with Crippen LogP contribution in [0.5, 0.6) is 0 Å². The van der Waals surface area contributed by atoms with Crippen molar-refractivity contribution in [3.8, 4) is 0 Å². The van der Waals surface area contributed by atoms with E-state index >= 15 is 0 Å². The lowest BCUT2D eigenvalue weighted by Crippen LogP contribution is -2.39. The fraction of sp³-hybridized carbons (Fsp3) is 0.400. The first-order valence-corrected chi connectivity index (χ1v) is 10.9. The Morgan fingerprint density at radius 2 is 1.85 bits per heavy atom. The van der Waals surface area contributed by atoms with Crippen LogP contribution in [0, 0.1) is 5.82 Å². The molecule has 27 heavy (non-hydrogen) atoms. The van der Waals surface area contributed by atoms with E-state index in [1.165, 1.54) is 12.1 Å². The third-order valence-electron chi connectivity index (χ3n) is 6.17. The number of ether oxygens (including phenoxy) is 1. The third kappa shape index (κ3) is 2.73. The molecule has 2 aromatic rings. The monoisotopic (exact) mass is 407 g/mol. The molecule has 5 rings (SSSR count). The van der Waals surface area contributed by atoms with Crippen LogP contribution in [0.15, 0.2) is 48.5 Å². The van der Waals surface area contributed by atoms with Gasteiger partial charge in [0.1, 0.15) is 16.7 Å². The second-order valence-corrected chi connectivity index (χ2v) is 10.3. The van der Waals surface area contributed by atoms with E-state index in [1.54, 1.807) is 28.6 Å². The Morgan fingerprint density at radius 1 is 1.15 bits per heavy atom. The molecule has 1 spiro atoms. The summed E-state index contributed by atoms with van der Waals surface area (Å²) >= 11 is 5.92. The van der Waals surface area contributed by atoms with Gasteiger partial charge in [-0.3, -0.25) is 0 Å². The smallest absolute Gasteiger partial charge is 0.220 e. The van der Waals surface area contributed by atoms with Crippen LogP contribution in [0.1, 0.15) is 29.9 Å². The quantitative estimate of drug-likeness (QED) is 0.779. The van der Waals surface area contributed by atoms with Crippen LogP contribution in [0.25, 0.3) is 0 Å². The second kappa shape index (κ2) is 6.01. The number of benzene rings is 2. The highest BCUT2D eigenvalue weighted by molar-refractivity contribution is 7.90. The number of hydrogen-bond acceptors (Lipinski definition) is 3. The van der Waals surface area contributed by atoms with Crippen molar-refractivity contribution in [2.75, 3.05) is 6.54 Å². The maximum atomic E-state index is 13.2. The van der Waals surface area contributed by atoms with Gasteiger partial charge in [-0.25, -0.2) is 12.8 Å². The van der Waals surface area contributed by atoms with Crippen LogP contribution in [-0.2, 0) is 21.3 Å². The maximum Gasteiger partial charge on any atom is 0.220 e. The first kappa shape index (κ1) is 17.6. The van der Waals surface area contributed by atoms with Gasteiger partial charge in [-0.15, -0.1) is 0 Å². The minimum Gasteiger partial charge on any atom is -0.368 e. The minimum atomic E-state index is -3.41. The van der Waals surface area contributed by atoms with Crippen LogP contribution in [0.2, 0.25) is 5.02 Å². The van der Waals surface area contributed by atoms with E-state index in [9.17, 15) is 12.8 Å². The summed E-state index contributed by atoms with van der Waals surface area (Å²) in [5, 5.41) is 0.140. The van der Waals surface area contributed by atoms with Gasteiger partial charge in [-0.2, -0.15) is 4.31 Å². The molecule has 2 aromatic carbocycles. The van der Waals surface area contributed by atoms with E-state index in [2.05, 4.69) is 0 Å². The summed E-state index contributed by atoms with van der Waals surface area (Å²) in [6.45, 7) is 0.698. The van der Waals surface area contributed by atoms with Crippen molar-refractivity contribution in [1.82, 2.24) is 4.31 Å². The zero-order valence-electron chi connectivity index (χ0n) is 14.5. The van der Waals surface area contributed by atoms with E-state index < -0.39 is 20.9 Å². The van der Waals surface area contributed by atoms with Crippen LogP contribution < -0.4 is 0 Å². The van der Waals surface area contributed by atoms with Gasteiger partial charge in [-0.1, -0.05) is 35.9 Å². The Bertz CT molecular complexity index is 979. The Balaban J connectivity index is 1.40. The molecule has 3 unspecified atom stereocenters. The normalized spacial score (nSPS) is 34.1. The Kier molecular flexibility index (Phi) is 3.92. The first-order valence-electron chi connectivity index (χ1n) is 9.04. The Morgan fingerprint density at radius 3 is 2.56 bits per heavy atom. The summed E-state index contributed by atoms with van der Waals surface area (Å²) in [4.78, 5) is 0. The first-order chi connectivity index (χ1) is 12.9. The number of nitrogens with zero attached hydrogens (tertiary/aromatic N) is 1. The Hall–Kier alpha value is -1.47. The molecule has 0 saturated carbocycles. The highest BCUT2D eigenvalue weighted by atomic mass is 35.5. The fourth-order valence-corrected chi connectivity index (χ4v) is 7.34. The lowest BCUT2D eigenvalue weighted by molar-refractivity contribution is 0.0108. The molecule has 0 amide bonds. The van der Waals surface area contributed by atoms with Gasteiger partial charge < -0.3 is 4.74 Å². The van der Waals surface area contributed by atoms with Crippen molar-refractivity contribution >= 4 is 21.6 Å². The molecule has 0 aromatic heterocycles. The lowest BCUT2D eigenvalue weighted by atomic mass is 9.77. The summed E-state index contributed by atoms with van der Waals surface area (Å²) in [6.07, 6.45) is 1.04. The van der Waals surface area contributed by atoms with Crippen molar-refractivity contribution in [1.29, 1.82) is 0 Å². The van der Waals surface area contributed by atoms with Crippen molar-refractivity contribution < 1.29 is 17.5 Å². The number of sulfonamides is 1. The van der Waals surface area contributed by atoms with Gasteiger partial charge in [0.15, 0.2) is 0 Å². The molecule has 2 bridgehead atoms. The molecule has 7 heteroatoms. The zero-order chi connectivity index (χ0) is 18.8. The average Bonchev–Trinajstić information content (AvgIpc) is 3.25. The van der Waals surface area contributed by atoms with Crippen LogP contribution >= 0.6 is 11.6 Å². The van der Waals surface area contributed by atoms with Gasteiger partial charge in [0.25, 0.3) is 0 Å². The molecule has 0 radical (unpaired) electrons. The van der Waals surface area contributed by atoms with E-state index in [0.717, 1.165) is 11.1 Å². The molecule has 4 atom stereocenters. The molecule has 0 aliphatic carbocycles. The van der Waals surface area contributed by atoms with E-state index in [-0.39, 0.29) is 17.8 Å². The fourth-order valence-electron chi connectivity index (χ4n) is 4.93. The topological polar surface area (TPSA) is 46.6 Å². The summed E-state index contributed by atoms with van der Waals surface area (Å²) < 4.78 is 47.2. The summed E-state index contributed by atoms with van der Waals surface area (Å²) in [5.74, 6) is -0.149. The maximum absolute atomic E-state index is 13.2. The predicted molar refractivity (Wildman–Crippen MR) is 101 cm³/mol. The number of halogens is 2. The summed E-state index contributed by atoms with van der Waals surface area (Å²) in [7, 11) is -3.41. The highest BCUT2D eigenvalue weighted by Crippen LogP contribution is 2.57. The largest absolute Gasteiger partial charge is 0.368 e. The molecule has 3 saturated heterocycles. The molecular weight excluding hydrogens is 389 g/mol. The van der Waals surface area contributed by atoms with Gasteiger partial charge >= 0.3 is 0 Å². The summed E-state index contributed by atoms with van der Waals surface area (Å²) in [6, 6.07) is 13.7. The van der Waals surface area contributed by atoms with Gasteiger partial charge in [0, 0.05) is 24.0 Å². The van der Waals surface area contributed by atoms with Crippen molar-refractivity contribution in [2.45, 2.75) is 42.3 Å². The standard InChI is InChI=1S/C20H19ClFNO3S/c21-15-5-1-13(2-6-15)11-23-12-20-10-17(14-3-7-16(22)8-4-14)18(26-20)9-19(20)27(23,24)25/h1-8,17-19H,9-12H2/t17?,18?,19?,20-/m1/s1. The number of hydrogen-bond donors (Lipinski definition) is 0. The van der Waals surface area contributed by atoms with E-state index in [1.807, 2.05) is 12.1 Å². The van der Waals surface area contributed by atoms with Crippen molar-refractivity contribution in [2.24, 2.45) is 0 Å². The molecule has 4 nitrogen and oxygen atoms in total. The van der Waals surface area contributed by atoms with Gasteiger partial charge in [0.05, 0.1) is 6.10 Å². The van der Waals surface area contributed by atoms with E-state index in [4.69, 9.17) is 16.3 Å². The predicted octanol–water partition coefficient (Wildman–Crippen LogP) is 3.71. The minimum absolute atomic E-state index is 0.118. The van der Waals surface area contributed by atoms with Crippen LogP contribution in [-0.4, -0.2) is 36.2 Å². The highest BCUT2D eigenvalue weighted by Gasteiger charge is 2.68. The SMILES string of the molecule is O=S1(=O)C2CC3O[C@]2(CC3c2ccc(F)cc2)CN1Cc1ccc(Cl)cc1. The van der Waals surface area contributed by atoms with E-state index in [0.29, 0.717) is 31.0 Å². The average molecular weight is 408 g/mol. The molecule has 142 valence electrons. The Labute approximate surface area is 162 Å². The molecule has 3 aliphatic heterocycles. The molecular formula is C20H19ClFNO3S. The van der Waals surface area contributed by atoms with Gasteiger partial charge in [0.2, 0.25) is 10.0 Å². The second-order valence-electron chi connectivity index (χ2n) is 7.75. The molecule has 3 aliphatic rings. The van der Waals surface area contributed by atoms with Crippen molar-refractivity contribution in [3.63, 3.8) is 0 Å². The van der Waals surface area contributed by atoms with Crippen LogP contribution in [0.3, 0.4) is 0 Å². The molecule has 0 N–H and O–H groups in total. The zero-order valence-corrected chi connectivity index (χ0v) is 16.1. The lowest BCUT2D eigenvalue weighted by Gasteiger charge is -2.26. The van der Waals surface area contributed by atoms with Crippen molar-refractivity contribution in [3.05, 3.63) is 70.5 Å². The van der Waals surface area contributed by atoms with Crippen LogP contribution in [0.4, 0.5) is 4.39 Å². The van der Waals surface area contributed by atoms with Gasteiger partial charge in [-0.05, 0) is 48.2 Å². The number of rotatable bonds is 3. The summed E-state index contributed by atoms with van der Waals surface area (Å²) in [5.41, 5.74) is 1.27.